The molecule has 0 aromatic heterocycles. The summed E-state index contributed by atoms with van der Waals surface area (Å²) in [6.45, 7) is 1.86. The van der Waals surface area contributed by atoms with Crippen molar-refractivity contribution >= 4 is 5.97 Å². The zero-order valence-corrected chi connectivity index (χ0v) is 9.54. The molecular formula is C11H16O6. The van der Waals surface area contributed by atoms with E-state index in [2.05, 4.69) is 0 Å². The number of hydrogen-bond acceptors (Lipinski definition) is 6. The van der Waals surface area contributed by atoms with Crippen molar-refractivity contribution in [1.29, 1.82) is 0 Å². The molecule has 2 aliphatic heterocycles. The lowest BCUT2D eigenvalue weighted by Gasteiger charge is -2.34. The normalized spacial score (nSPS) is 52.3. The Labute approximate surface area is 98.5 Å². The molecule has 96 valence electrons. The number of esters is 1. The van der Waals surface area contributed by atoms with Crippen molar-refractivity contribution in [3.63, 3.8) is 0 Å². The van der Waals surface area contributed by atoms with Gasteiger partial charge in [-0.2, -0.15) is 0 Å². The quantitative estimate of drug-likeness (QED) is 0.577. The van der Waals surface area contributed by atoms with Crippen LogP contribution < -0.4 is 0 Å². The van der Waals surface area contributed by atoms with Crippen LogP contribution in [-0.2, 0) is 19.0 Å². The Morgan fingerprint density at radius 1 is 1.41 bits per heavy atom. The van der Waals surface area contributed by atoms with Crippen molar-refractivity contribution in [2.24, 2.45) is 11.8 Å². The summed E-state index contributed by atoms with van der Waals surface area (Å²) in [6.07, 6.45) is -1.83. The van der Waals surface area contributed by atoms with E-state index in [0.717, 1.165) is 0 Å². The molecule has 0 amide bonds. The standard InChI is InChI=1S/C11H16O6/c1-5(12)17-11-4-16-10-7(11)6(2-3-15-10)8(13)9(11)14/h6-10,13-14H,2-4H2,1H3/t6-,7-,8+,9-,10-,11-/m1/s1. The molecular weight excluding hydrogens is 228 g/mol. The van der Waals surface area contributed by atoms with Crippen LogP contribution in [0.4, 0.5) is 0 Å². The third-order valence-corrected chi connectivity index (χ3v) is 4.12. The van der Waals surface area contributed by atoms with Crippen LogP contribution >= 0.6 is 0 Å². The summed E-state index contributed by atoms with van der Waals surface area (Å²) in [5.74, 6) is -0.887. The Kier molecular flexibility index (Phi) is 2.45. The lowest BCUT2D eigenvalue weighted by Crippen LogP contribution is -2.50. The average molecular weight is 244 g/mol. The van der Waals surface area contributed by atoms with Crippen LogP contribution in [-0.4, -0.2) is 53.5 Å². The van der Waals surface area contributed by atoms with Gasteiger partial charge >= 0.3 is 5.97 Å². The molecule has 2 heterocycles. The molecule has 2 saturated heterocycles. The zero-order valence-electron chi connectivity index (χ0n) is 9.54. The van der Waals surface area contributed by atoms with E-state index in [1.54, 1.807) is 0 Å². The van der Waals surface area contributed by atoms with Crippen LogP contribution in [0.15, 0.2) is 0 Å². The monoisotopic (exact) mass is 244 g/mol. The molecule has 3 aliphatic rings. The second-order valence-corrected chi connectivity index (χ2v) is 5.01. The number of carbonyl (C=O) groups is 1. The summed E-state index contributed by atoms with van der Waals surface area (Å²) in [6, 6.07) is 0. The fourth-order valence-electron chi connectivity index (χ4n) is 3.47. The second-order valence-electron chi connectivity index (χ2n) is 5.01. The highest BCUT2D eigenvalue weighted by molar-refractivity contribution is 5.67. The van der Waals surface area contributed by atoms with Crippen molar-refractivity contribution < 1.29 is 29.2 Å². The molecule has 17 heavy (non-hydrogen) atoms. The Balaban J connectivity index is 1.98. The fraction of sp³-hybridized carbons (Fsp3) is 0.909. The molecule has 1 aliphatic carbocycles. The SMILES string of the molecule is CC(=O)O[C@@]12CO[C@H]3OCC[C@@H]([C@H](O)[C@H]1O)[C@H]32. The molecule has 6 nitrogen and oxygen atoms in total. The predicted octanol–water partition coefficient (Wildman–Crippen LogP) is -0.967. The number of aliphatic hydroxyl groups is 2. The minimum atomic E-state index is -1.14. The highest BCUT2D eigenvalue weighted by Gasteiger charge is 2.69. The maximum Gasteiger partial charge on any atom is 0.303 e. The van der Waals surface area contributed by atoms with Gasteiger partial charge in [-0.15, -0.1) is 0 Å². The Bertz CT molecular complexity index is 345. The number of carbonyl (C=O) groups excluding carboxylic acids is 1. The van der Waals surface area contributed by atoms with Gasteiger partial charge in [0.05, 0.1) is 25.2 Å². The van der Waals surface area contributed by atoms with Gasteiger partial charge in [0.2, 0.25) is 0 Å². The third kappa shape index (κ3) is 1.38. The molecule has 6 atom stereocenters. The smallest absolute Gasteiger partial charge is 0.303 e. The molecule has 0 spiro atoms. The predicted molar refractivity (Wildman–Crippen MR) is 53.8 cm³/mol. The van der Waals surface area contributed by atoms with Crippen molar-refractivity contribution in [3.05, 3.63) is 0 Å². The molecule has 0 unspecified atom stereocenters. The first kappa shape index (κ1) is 11.4. The molecule has 3 fully saturated rings. The van der Waals surface area contributed by atoms with E-state index < -0.39 is 30.1 Å². The first-order chi connectivity index (χ1) is 8.06. The van der Waals surface area contributed by atoms with Crippen molar-refractivity contribution in [1.82, 2.24) is 0 Å². The topological polar surface area (TPSA) is 85.2 Å². The van der Waals surface area contributed by atoms with Gasteiger partial charge < -0.3 is 24.4 Å². The van der Waals surface area contributed by atoms with E-state index in [1.807, 2.05) is 0 Å². The van der Waals surface area contributed by atoms with Gasteiger partial charge in [0, 0.05) is 12.8 Å². The van der Waals surface area contributed by atoms with Crippen LogP contribution in [0.3, 0.4) is 0 Å². The van der Waals surface area contributed by atoms with Crippen molar-refractivity contribution in [2.45, 2.75) is 37.4 Å². The van der Waals surface area contributed by atoms with E-state index in [0.29, 0.717) is 13.0 Å². The van der Waals surface area contributed by atoms with Crippen LogP contribution in [0.5, 0.6) is 0 Å². The summed E-state index contributed by atoms with van der Waals surface area (Å²) in [7, 11) is 0. The first-order valence-corrected chi connectivity index (χ1v) is 5.85. The second kappa shape index (κ2) is 3.65. The van der Waals surface area contributed by atoms with E-state index >= 15 is 0 Å². The maximum atomic E-state index is 11.2. The summed E-state index contributed by atoms with van der Waals surface area (Å²) >= 11 is 0. The Morgan fingerprint density at radius 3 is 2.88 bits per heavy atom. The van der Waals surface area contributed by atoms with Crippen LogP contribution in [0.25, 0.3) is 0 Å². The van der Waals surface area contributed by atoms with E-state index in [-0.39, 0.29) is 18.4 Å². The van der Waals surface area contributed by atoms with Crippen molar-refractivity contribution in [2.75, 3.05) is 13.2 Å². The largest absolute Gasteiger partial charge is 0.453 e. The molecule has 1 saturated carbocycles. The van der Waals surface area contributed by atoms with Gasteiger partial charge in [-0.05, 0) is 6.42 Å². The van der Waals surface area contributed by atoms with Gasteiger partial charge in [-0.1, -0.05) is 0 Å². The van der Waals surface area contributed by atoms with Crippen LogP contribution in [0, 0.1) is 11.8 Å². The Morgan fingerprint density at radius 2 is 2.18 bits per heavy atom. The molecule has 0 aromatic carbocycles. The maximum absolute atomic E-state index is 11.2. The highest BCUT2D eigenvalue weighted by Crippen LogP contribution is 2.53. The van der Waals surface area contributed by atoms with Gasteiger partial charge in [-0.25, -0.2) is 0 Å². The minimum Gasteiger partial charge on any atom is -0.453 e. The Hall–Kier alpha value is -0.690. The molecule has 0 bridgehead atoms. The first-order valence-electron chi connectivity index (χ1n) is 5.85. The lowest BCUT2D eigenvalue weighted by atomic mass is 9.84. The molecule has 0 radical (unpaired) electrons. The van der Waals surface area contributed by atoms with E-state index in [1.165, 1.54) is 6.92 Å². The minimum absolute atomic E-state index is 0.0800. The zero-order chi connectivity index (χ0) is 12.2. The highest BCUT2D eigenvalue weighted by atomic mass is 16.7. The number of hydrogen-bond donors (Lipinski definition) is 2. The van der Waals surface area contributed by atoms with E-state index in [4.69, 9.17) is 14.2 Å². The molecule has 6 heteroatoms. The summed E-state index contributed by atoms with van der Waals surface area (Å²) in [5.41, 5.74) is -1.14. The van der Waals surface area contributed by atoms with Crippen LogP contribution in [0.1, 0.15) is 13.3 Å². The van der Waals surface area contributed by atoms with Gasteiger partial charge in [0.15, 0.2) is 11.9 Å². The summed E-state index contributed by atoms with van der Waals surface area (Å²) in [5, 5.41) is 20.2. The summed E-state index contributed by atoms with van der Waals surface area (Å²) < 4.78 is 16.2. The van der Waals surface area contributed by atoms with E-state index in [9.17, 15) is 15.0 Å². The molecule has 3 rings (SSSR count). The number of rotatable bonds is 1. The van der Waals surface area contributed by atoms with Gasteiger partial charge in [-0.3, -0.25) is 4.79 Å². The van der Waals surface area contributed by atoms with Gasteiger partial charge in [0.1, 0.15) is 6.10 Å². The molecule has 0 aromatic rings. The molecule has 2 N–H and O–H groups in total. The average Bonchev–Trinajstić information content (AvgIpc) is 2.75. The number of aliphatic hydroxyl groups excluding tert-OH is 2. The van der Waals surface area contributed by atoms with Gasteiger partial charge in [0.25, 0.3) is 0 Å². The lowest BCUT2D eigenvalue weighted by molar-refractivity contribution is -0.177. The van der Waals surface area contributed by atoms with Crippen LogP contribution in [0.2, 0.25) is 0 Å². The third-order valence-electron chi connectivity index (χ3n) is 4.12. The number of ether oxygens (including phenoxy) is 3. The fourth-order valence-corrected chi connectivity index (χ4v) is 3.47. The summed E-state index contributed by atoms with van der Waals surface area (Å²) in [4.78, 5) is 11.2. The van der Waals surface area contributed by atoms with Crippen molar-refractivity contribution in [3.8, 4) is 0 Å².